The Labute approximate surface area is 200 Å². The van der Waals surface area contributed by atoms with Crippen LogP contribution in [-0.4, -0.2) is 42.3 Å². The van der Waals surface area contributed by atoms with Crippen LogP contribution in [0.25, 0.3) is 22.2 Å². The number of carbonyl (C=O) groups is 1. The van der Waals surface area contributed by atoms with Gasteiger partial charge >= 0.3 is 6.03 Å². The second-order valence-corrected chi connectivity index (χ2v) is 8.76. The summed E-state index contributed by atoms with van der Waals surface area (Å²) in [5.41, 5.74) is 1.50. The van der Waals surface area contributed by atoms with E-state index in [0.29, 0.717) is 47.3 Å². The zero-order chi connectivity index (χ0) is 24.7. The average Bonchev–Trinajstić information content (AvgIpc) is 2.79. The normalized spacial score (nSPS) is 10.9. The van der Waals surface area contributed by atoms with Gasteiger partial charge in [0.15, 0.2) is 5.65 Å². The van der Waals surface area contributed by atoms with E-state index in [2.05, 4.69) is 26.9 Å². The van der Waals surface area contributed by atoms with Crippen molar-refractivity contribution in [1.29, 1.82) is 0 Å². The van der Waals surface area contributed by atoms with Gasteiger partial charge < -0.3 is 20.1 Å². The van der Waals surface area contributed by atoms with E-state index in [0.717, 1.165) is 17.4 Å². The Kier molecular flexibility index (Phi) is 7.79. The lowest BCUT2D eigenvalue weighted by molar-refractivity contribution is 0.243. The van der Waals surface area contributed by atoms with Crippen LogP contribution < -0.4 is 25.4 Å². The Morgan fingerprint density at radius 1 is 1.06 bits per heavy atom. The number of nitrogens with one attached hydrogen (secondary N) is 3. The number of anilines is 2. The molecule has 0 fully saturated rings. The average molecular weight is 462 g/mol. The number of hydrogen-bond acceptors (Lipinski definition) is 6. The number of pyridine rings is 2. The Balaban J connectivity index is 2.08. The third-order valence-electron chi connectivity index (χ3n) is 4.90. The minimum Gasteiger partial charge on any atom is -0.497 e. The molecular weight excluding hydrogens is 430 g/mol. The van der Waals surface area contributed by atoms with Gasteiger partial charge in [-0.05, 0) is 63.6 Å². The summed E-state index contributed by atoms with van der Waals surface area (Å²) in [7, 11) is 3.20. The van der Waals surface area contributed by atoms with E-state index < -0.39 is 5.54 Å². The molecule has 0 saturated heterocycles. The Morgan fingerprint density at radius 3 is 2.53 bits per heavy atom. The number of hydrogen-bond donors (Lipinski definition) is 3. The van der Waals surface area contributed by atoms with Crippen LogP contribution in [0.15, 0.2) is 36.4 Å². The highest BCUT2D eigenvalue weighted by Crippen LogP contribution is 2.38. The van der Waals surface area contributed by atoms with Gasteiger partial charge in [0, 0.05) is 35.0 Å². The first-order valence-corrected chi connectivity index (χ1v) is 11.0. The molecule has 8 heteroatoms. The van der Waals surface area contributed by atoms with Crippen molar-refractivity contribution < 1.29 is 14.3 Å². The number of nitrogens with zero attached hydrogens (tertiary/aromatic N) is 2. The van der Waals surface area contributed by atoms with Crippen molar-refractivity contribution in [3.63, 3.8) is 0 Å². The van der Waals surface area contributed by atoms with Crippen molar-refractivity contribution >= 4 is 28.7 Å². The Morgan fingerprint density at radius 2 is 1.85 bits per heavy atom. The van der Waals surface area contributed by atoms with Crippen molar-refractivity contribution in [2.75, 3.05) is 31.4 Å². The third kappa shape index (κ3) is 6.29. The van der Waals surface area contributed by atoms with E-state index in [1.165, 1.54) is 0 Å². The molecule has 34 heavy (non-hydrogen) atoms. The molecule has 8 nitrogen and oxygen atoms in total. The van der Waals surface area contributed by atoms with Gasteiger partial charge in [-0.2, -0.15) is 0 Å². The smallest absolute Gasteiger partial charge is 0.320 e. The van der Waals surface area contributed by atoms with Crippen LogP contribution in [0, 0.1) is 12.3 Å². The van der Waals surface area contributed by atoms with Gasteiger partial charge in [0.05, 0.1) is 14.2 Å². The van der Waals surface area contributed by atoms with E-state index in [1.54, 1.807) is 14.2 Å². The van der Waals surface area contributed by atoms with E-state index in [1.807, 2.05) is 57.2 Å². The van der Waals surface area contributed by atoms with Crippen LogP contribution in [0.2, 0.25) is 0 Å². The maximum atomic E-state index is 12.7. The molecule has 2 heterocycles. The fourth-order valence-corrected chi connectivity index (χ4v) is 3.36. The maximum Gasteiger partial charge on any atom is 0.320 e. The Hall–Kier alpha value is -3.99. The zero-order valence-electron chi connectivity index (χ0n) is 20.3. The van der Waals surface area contributed by atoms with Crippen molar-refractivity contribution in [3.8, 4) is 35.0 Å². The highest BCUT2D eigenvalue weighted by molar-refractivity contribution is 5.97. The van der Waals surface area contributed by atoms with E-state index in [9.17, 15) is 4.79 Å². The Bertz CT molecular complexity index is 1210. The monoisotopic (exact) mass is 461 g/mol. The fraction of sp³-hybridized carbons (Fsp3) is 0.346. The molecule has 0 aliphatic heterocycles. The van der Waals surface area contributed by atoms with Crippen LogP contribution >= 0.6 is 0 Å². The number of amides is 2. The molecule has 3 aromatic rings. The number of carbonyl (C=O) groups excluding carboxylic acids is 1. The molecule has 2 amide bonds. The first kappa shape index (κ1) is 24.6. The van der Waals surface area contributed by atoms with Crippen molar-refractivity contribution in [2.24, 2.45) is 0 Å². The van der Waals surface area contributed by atoms with Gasteiger partial charge in [0.2, 0.25) is 0 Å². The summed E-state index contributed by atoms with van der Waals surface area (Å²) < 4.78 is 11.0. The molecule has 0 radical (unpaired) electrons. The number of benzene rings is 1. The number of aromatic nitrogens is 2. The zero-order valence-corrected chi connectivity index (χ0v) is 20.3. The fourth-order valence-electron chi connectivity index (χ4n) is 3.36. The lowest BCUT2D eigenvalue weighted by Crippen LogP contribution is -2.43. The van der Waals surface area contributed by atoms with E-state index in [4.69, 9.17) is 20.9 Å². The van der Waals surface area contributed by atoms with Gasteiger partial charge in [-0.3, -0.25) is 5.32 Å². The number of urea groups is 1. The van der Waals surface area contributed by atoms with Crippen molar-refractivity contribution in [3.05, 3.63) is 36.4 Å². The van der Waals surface area contributed by atoms with Gasteiger partial charge in [0.25, 0.3) is 0 Å². The number of ether oxygens (including phenoxy) is 2. The summed E-state index contributed by atoms with van der Waals surface area (Å²) in [6.07, 6.45) is 6.86. The van der Waals surface area contributed by atoms with Gasteiger partial charge in [-0.1, -0.05) is 0 Å². The summed E-state index contributed by atoms with van der Waals surface area (Å²) in [5, 5.41) is 9.86. The summed E-state index contributed by atoms with van der Waals surface area (Å²) in [4.78, 5) is 22.1. The largest absolute Gasteiger partial charge is 0.497 e. The maximum absolute atomic E-state index is 12.7. The SMILES string of the molecule is C#CCCCNc1ccc2cc(-c3cc(OC)ccc3OC)c(NC(=O)NC(C)(C)C)nc2n1. The molecule has 3 N–H and O–H groups in total. The number of unbranched alkanes of at least 4 members (excludes halogenated alkanes) is 1. The molecule has 3 rings (SSSR count). The van der Waals surface area contributed by atoms with Crippen LogP contribution in [0.5, 0.6) is 11.5 Å². The van der Waals surface area contributed by atoms with Crippen molar-refractivity contribution in [2.45, 2.75) is 39.2 Å². The molecule has 0 unspecified atom stereocenters. The molecule has 0 bridgehead atoms. The number of terminal acetylenes is 1. The minimum absolute atomic E-state index is 0.359. The molecule has 178 valence electrons. The molecule has 0 aliphatic carbocycles. The van der Waals surface area contributed by atoms with Gasteiger partial charge in [-0.15, -0.1) is 12.3 Å². The van der Waals surface area contributed by atoms with Crippen LogP contribution in [0.3, 0.4) is 0 Å². The first-order valence-electron chi connectivity index (χ1n) is 11.0. The van der Waals surface area contributed by atoms with Crippen molar-refractivity contribution in [1.82, 2.24) is 15.3 Å². The summed E-state index contributed by atoms with van der Waals surface area (Å²) in [5.74, 6) is 4.96. The third-order valence-corrected chi connectivity index (χ3v) is 4.90. The summed E-state index contributed by atoms with van der Waals surface area (Å²) in [6.45, 7) is 6.44. The van der Waals surface area contributed by atoms with Gasteiger partial charge in [-0.25, -0.2) is 14.8 Å². The first-order chi connectivity index (χ1) is 16.2. The molecule has 0 saturated carbocycles. The highest BCUT2D eigenvalue weighted by atomic mass is 16.5. The summed E-state index contributed by atoms with van der Waals surface area (Å²) in [6, 6.07) is 10.9. The molecular formula is C26H31N5O3. The molecule has 1 aromatic carbocycles. The van der Waals surface area contributed by atoms with Crippen LogP contribution in [0.1, 0.15) is 33.6 Å². The molecule has 0 aliphatic rings. The molecule has 0 atom stereocenters. The lowest BCUT2D eigenvalue weighted by Gasteiger charge is -2.21. The highest BCUT2D eigenvalue weighted by Gasteiger charge is 2.19. The lowest BCUT2D eigenvalue weighted by atomic mass is 10.0. The van der Waals surface area contributed by atoms with Crippen LogP contribution in [-0.2, 0) is 0 Å². The second-order valence-electron chi connectivity index (χ2n) is 8.76. The predicted molar refractivity (Wildman–Crippen MR) is 137 cm³/mol. The molecule has 0 spiro atoms. The number of fused-ring (bicyclic) bond motifs is 1. The summed E-state index contributed by atoms with van der Waals surface area (Å²) >= 11 is 0. The van der Waals surface area contributed by atoms with E-state index >= 15 is 0 Å². The van der Waals surface area contributed by atoms with Gasteiger partial charge in [0.1, 0.15) is 23.1 Å². The quantitative estimate of drug-likeness (QED) is 0.320. The topological polar surface area (TPSA) is 97.4 Å². The van der Waals surface area contributed by atoms with Crippen LogP contribution in [0.4, 0.5) is 16.4 Å². The number of methoxy groups -OCH3 is 2. The predicted octanol–water partition coefficient (Wildman–Crippen LogP) is 5.06. The number of rotatable bonds is 8. The standard InChI is InChI=1S/C26H31N5O3/c1-7-8-9-14-27-22-13-10-17-15-20(19-16-18(33-5)11-12-21(19)34-6)24(29-23(17)28-22)30-25(32)31-26(2,3)4/h1,10-13,15-16H,8-9,14H2,2-6H3,(H3,27,28,29,30,31,32). The molecule has 2 aromatic heterocycles. The van der Waals surface area contributed by atoms with E-state index in [-0.39, 0.29) is 6.03 Å². The second kappa shape index (κ2) is 10.8. The minimum atomic E-state index is -0.414.